The minimum atomic E-state index is -0.259. The van der Waals surface area contributed by atoms with Crippen molar-refractivity contribution in [3.8, 4) is 0 Å². The summed E-state index contributed by atoms with van der Waals surface area (Å²) in [6, 6.07) is 0. The number of rotatable bonds is 5. The van der Waals surface area contributed by atoms with E-state index in [1.165, 1.54) is 4.68 Å². The second kappa shape index (κ2) is 5.20. The summed E-state index contributed by atoms with van der Waals surface area (Å²) < 4.78 is 17.1. The lowest BCUT2D eigenvalue weighted by Crippen LogP contribution is -2.04. The van der Waals surface area contributed by atoms with Crippen molar-refractivity contribution in [2.45, 2.75) is 40.4 Å². The van der Waals surface area contributed by atoms with Gasteiger partial charge in [0.1, 0.15) is 0 Å². The van der Waals surface area contributed by atoms with Gasteiger partial charge in [-0.15, -0.1) is 0 Å². The average molecular weight is 251 g/mol. The molecule has 0 aromatic carbocycles. The molecule has 0 unspecified atom stereocenters. The Kier molecular flexibility index (Phi) is 3.64. The summed E-state index contributed by atoms with van der Waals surface area (Å²) in [4.78, 5) is 0. The van der Waals surface area contributed by atoms with Crippen LogP contribution in [0.15, 0.2) is 12.4 Å². The molecule has 0 fully saturated rings. The molecule has 1 N–H and O–H groups in total. The highest BCUT2D eigenvalue weighted by molar-refractivity contribution is 5.39. The number of aryl methyl sites for hydroxylation is 3. The highest BCUT2D eigenvalue weighted by Crippen LogP contribution is 2.14. The summed E-state index contributed by atoms with van der Waals surface area (Å²) in [5.74, 6) is -0.259. The number of anilines is 1. The van der Waals surface area contributed by atoms with Gasteiger partial charge in [-0.25, -0.2) is 4.68 Å². The Balaban J connectivity index is 2.08. The largest absolute Gasteiger partial charge is 0.378 e. The molecule has 0 saturated heterocycles. The first-order valence-corrected chi connectivity index (χ1v) is 6.13. The van der Waals surface area contributed by atoms with E-state index in [4.69, 9.17) is 0 Å². The molecule has 0 aliphatic heterocycles. The normalized spacial score (nSPS) is 10.9. The molecule has 98 valence electrons. The number of hydrogen-bond donors (Lipinski definition) is 1. The molecule has 2 aromatic heterocycles. The predicted molar refractivity (Wildman–Crippen MR) is 67.8 cm³/mol. The minimum Gasteiger partial charge on any atom is -0.378 e. The van der Waals surface area contributed by atoms with Crippen molar-refractivity contribution in [1.82, 2.24) is 19.6 Å². The van der Waals surface area contributed by atoms with Gasteiger partial charge in [0.25, 0.3) is 0 Å². The molecule has 6 heteroatoms. The van der Waals surface area contributed by atoms with Gasteiger partial charge in [0.05, 0.1) is 17.6 Å². The summed E-state index contributed by atoms with van der Waals surface area (Å²) in [7, 11) is 0. The number of aromatic nitrogens is 4. The van der Waals surface area contributed by atoms with Crippen molar-refractivity contribution in [1.29, 1.82) is 0 Å². The van der Waals surface area contributed by atoms with Gasteiger partial charge in [-0.3, -0.25) is 4.68 Å². The van der Waals surface area contributed by atoms with Crippen LogP contribution in [0.5, 0.6) is 0 Å². The van der Waals surface area contributed by atoms with E-state index in [2.05, 4.69) is 15.5 Å². The Morgan fingerprint density at radius 3 is 2.67 bits per heavy atom. The van der Waals surface area contributed by atoms with Crippen LogP contribution in [0.3, 0.4) is 0 Å². The van der Waals surface area contributed by atoms with Crippen LogP contribution in [0.25, 0.3) is 0 Å². The first-order valence-electron chi connectivity index (χ1n) is 6.13. The van der Waals surface area contributed by atoms with E-state index in [9.17, 15) is 4.39 Å². The second-order valence-corrected chi connectivity index (χ2v) is 4.11. The van der Waals surface area contributed by atoms with Crippen molar-refractivity contribution in [3.05, 3.63) is 29.6 Å². The summed E-state index contributed by atoms with van der Waals surface area (Å²) >= 11 is 0. The SMILES string of the molecule is CCn1cc(NCc2c(C)nn(CC)c2F)cn1. The van der Waals surface area contributed by atoms with E-state index < -0.39 is 0 Å². The van der Waals surface area contributed by atoms with Crippen molar-refractivity contribution >= 4 is 5.69 Å². The van der Waals surface area contributed by atoms with Gasteiger partial charge in [0, 0.05) is 31.4 Å². The van der Waals surface area contributed by atoms with Crippen LogP contribution >= 0.6 is 0 Å². The Hall–Kier alpha value is -1.85. The first kappa shape index (κ1) is 12.6. The van der Waals surface area contributed by atoms with Gasteiger partial charge >= 0.3 is 0 Å². The van der Waals surface area contributed by atoms with E-state index in [0.717, 1.165) is 17.9 Å². The Labute approximate surface area is 106 Å². The molecule has 2 heterocycles. The molecule has 0 saturated carbocycles. The van der Waals surface area contributed by atoms with Crippen LogP contribution in [-0.4, -0.2) is 19.6 Å². The fourth-order valence-electron chi connectivity index (χ4n) is 1.82. The Bertz CT molecular complexity index is 529. The monoisotopic (exact) mass is 251 g/mol. The smallest absolute Gasteiger partial charge is 0.216 e. The standard InChI is InChI=1S/C12H18FN5/c1-4-17-8-10(6-15-17)14-7-11-9(3)16-18(5-2)12(11)13/h6,8,14H,4-5,7H2,1-3H3. The minimum absolute atomic E-state index is 0.259. The molecule has 5 nitrogen and oxygen atoms in total. The van der Waals surface area contributed by atoms with Gasteiger partial charge < -0.3 is 5.32 Å². The molecule has 0 aliphatic carbocycles. The van der Waals surface area contributed by atoms with E-state index in [0.29, 0.717) is 18.7 Å². The molecule has 0 radical (unpaired) electrons. The van der Waals surface area contributed by atoms with Gasteiger partial charge in [-0.05, 0) is 20.8 Å². The number of nitrogens with zero attached hydrogens (tertiary/aromatic N) is 4. The quantitative estimate of drug-likeness (QED) is 0.886. The zero-order valence-electron chi connectivity index (χ0n) is 10.9. The molecule has 2 rings (SSSR count). The highest BCUT2D eigenvalue weighted by atomic mass is 19.1. The third kappa shape index (κ3) is 2.37. The summed E-state index contributed by atoms with van der Waals surface area (Å²) in [5, 5.41) is 11.5. The second-order valence-electron chi connectivity index (χ2n) is 4.11. The summed E-state index contributed by atoms with van der Waals surface area (Å²) in [6.07, 6.45) is 3.64. The van der Waals surface area contributed by atoms with Crippen molar-refractivity contribution in [3.63, 3.8) is 0 Å². The molecule has 0 bridgehead atoms. The molecule has 18 heavy (non-hydrogen) atoms. The zero-order valence-corrected chi connectivity index (χ0v) is 10.9. The maximum absolute atomic E-state index is 13.9. The van der Waals surface area contributed by atoms with E-state index in [-0.39, 0.29) is 5.95 Å². The van der Waals surface area contributed by atoms with Gasteiger partial charge in [0.15, 0.2) is 0 Å². The van der Waals surface area contributed by atoms with Gasteiger partial charge in [-0.2, -0.15) is 14.6 Å². The number of nitrogens with one attached hydrogen (secondary N) is 1. The van der Waals surface area contributed by atoms with Crippen LogP contribution in [0.4, 0.5) is 10.1 Å². The van der Waals surface area contributed by atoms with E-state index >= 15 is 0 Å². The van der Waals surface area contributed by atoms with E-state index in [1.807, 2.05) is 31.6 Å². The number of halogens is 1. The average Bonchev–Trinajstić information content (AvgIpc) is 2.93. The fourth-order valence-corrected chi connectivity index (χ4v) is 1.82. The molecule has 2 aromatic rings. The Morgan fingerprint density at radius 1 is 1.33 bits per heavy atom. The highest BCUT2D eigenvalue weighted by Gasteiger charge is 2.13. The van der Waals surface area contributed by atoms with Crippen molar-refractivity contribution in [2.24, 2.45) is 0 Å². The third-order valence-corrected chi connectivity index (χ3v) is 2.91. The number of hydrogen-bond acceptors (Lipinski definition) is 3. The lowest BCUT2D eigenvalue weighted by molar-refractivity contribution is 0.464. The van der Waals surface area contributed by atoms with Crippen LogP contribution in [-0.2, 0) is 19.6 Å². The van der Waals surface area contributed by atoms with Crippen molar-refractivity contribution in [2.75, 3.05) is 5.32 Å². The molecule has 0 amide bonds. The molecular formula is C12H18FN5. The molecule has 0 atom stereocenters. The molecular weight excluding hydrogens is 233 g/mol. The zero-order chi connectivity index (χ0) is 13.1. The maximum Gasteiger partial charge on any atom is 0.216 e. The fraction of sp³-hybridized carbons (Fsp3) is 0.500. The van der Waals surface area contributed by atoms with Crippen LogP contribution in [0.2, 0.25) is 0 Å². The lowest BCUT2D eigenvalue weighted by Gasteiger charge is -2.02. The molecule has 0 aliphatic rings. The predicted octanol–water partition coefficient (Wildman–Crippen LogP) is 2.18. The van der Waals surface area contributed by atoms with Gasteiger partial charge in [-0.1, -0.05) is 0 Å². The Morgan fingerprint density at radius 2 is 2.11 bits per heavy atom. The lowest BCUT2D eigenvalue weighted by atomic mass is 10.2. The van der Waals surface area contributed by atoms with Gasteiger partial charge in [0.2, 0.25) is 5.95 Å². The van der Waals surface area contributed by atoms with Crippen molar-refractivity contribution < 1.29 is 4.39 Å². The van der Waals surface area contributed by atoms with E-state index in [1.54, 1.807) is 6.20 Å². The summed E-state index contributed by atoms with van der Waals surface area (Å²) in [6.45, 7) is 7.50. The first-order chi connectivity index (χ1) is 8.65. The van der Waals surface area contributed by atoms with Crippen LogP contribution < -0.4 is 5.32 Å². The topological polar surface area (TPSA) is 47.7 Å². The maximum atomic E-state index is 13.9. The molecule has 0 spiro atoms. The third-order valence-electron chi connectivity index (χ3n) is 2.91. The van der Waals surface area contributed by atoms with Crippen LogP contribution in [0, 0.1) is 12.9 Å². The summed E-state index contributed by atoms with van der Waals surface area (Å²) in [5.41, 5.74) is 2.23. The van der Waals surface area contributed by atoms with Crippen LogP contribution in [0.1, 0.15) is 25.1 Å².